The van der Waals surface area contributed by atoms with Crippen LogP contribution in [0, 0.1) is 17.8 Å². The SMILES string of the molecule is BOC(=O)C(CCCC)C1CCN(CCC(C)C)CC1.Cl.Cl. The Hall–Kier alpha value is 0.0749. The fourth-order valence-electron chi connectivity index (χ4n) is 3.14. The lowest BCUT2D eigenvalue weighted by molar-refractivity contribution is -0.141. The first-order valence-corrected chi connectivity index (χ1v) is 8.38. The lowest BCUT2D eigenvalue weighted by Gasteiger charge is -2.35. The van der Waals surface area contributed by atoms with Gasteiger partial charge in [-0.15, -0.1) is 24.8 Å². The second-order valence-corrected chi connectivity index (χ2v) is 6.63. The summed E-state index contributed by atoms with van der Waals surface area (Å²) in [5, 5.41) is 0. The summed E-state index contributed by atoms with van der Waals surface area (Å²) < 4.78 is 5.02. The third kappa shape index (κ3) is 8.64. The van der Waals surface area contributed by atoms with Crippen LogP contribution in [0.2, 0.25) is 0 Å². The standard InChI is InChI=1S/C16H32BNO2.2ClH/c1-4-5-6-15(16(19)20-17)14-8-11-18(12-9-14)10-7-13(2)3;;/h13-15H,4-12,17H2,1-3H3;2*1H. The third-order valence-corrected chi connectivity index (χ3v) is 4.60. The summed E-state index contributed by atoms with van der Waals surface area (Å²) in [5.74, 6) is 1.45. The molecule has 0 spiro atoms. The predicted molar refractivity (Wildman–Crippen MR) is 101 cm³/mol. The summed E-state index contributed by atoms with van der Waals surface area (Å²) in [6.07, 6.45) is 6.87. The molecule has 0 radical (unpaired) electrons. The minimum Gasteiger partial charge on any atom is -0.543 e. The lowest BCUT2D eigenvalue weighted by atomic mass is 9.81. The summed E-state index contributed by atoms with van der Waals surface area (Å²) in [4.78, 5) is 14.5. The van der Waals surface area contributed by atoms with Crippen LogP contribution in [0.15, 0.2) is 0 Å². The molecule has 0 amide bonds. The molecule has 6 heteroatoms. The van der Waals surface area contributed by atoms with Crippen molar-refractivity contribution in [1.82, 2.24) is 4.90 Å². The van der Waals surface area contributed by atoms with E-state index in [1.807, 2.05) is 0 Å². The molecular weight excluding hydrogens is 320 g/mol. The number of carbonyl (C=O) groups excluding carboxylic acids is 1. The molecule has 1 fully saturated rings. The number of rotatable bonds is 8. The van der Waals surface area contributed by atoms with Crippen molar-refractivity contribution in [3.63, 3.8) is 0 Å². The van der Waals surface area contributed by atoms with E-state index in [0.29, 0.717) is 5.92 Å². The van der Waals surface area contributed by atoms with E-state index < -0.39 is 0 Å². The highest BCUT2D eigenvalue weighted by Crippen LogP contribution is 2.29. The summed E-state index contributed by atoms with van der Waals surface area (Å²) >= 11 is 0. The van der Waals surface area contributed by atoms with E-state index in [9.17, 15) is 4.79 Å². The number of halogens is 2. The largest absolute Gasteiger partial charge is 0.543 e. The van der Waals surface area contributed by atoms with Gasteiger partial charge >= 0.3 is 8.05 Å². The fraction of sp³-hybridized carbons (Fsp3) is 0.938. The Bertz CT molecular complexity index is 285. The fourth-order valence-corrected chi connectivity index (χ4v) is 3.14. The Morgan fingerprint density at radius 2 is 1.82 bits per heavy atom. The Morgan fingerprint density at radius 1 is 1.23 bits per heavy atom. The van der Waals surface area contributed by atoms with Crippen molar-refractivity contribution in [3.05, 3.63) is 0 Å². The molecule has 1 aliphatic rings. The first-order valence-electron chi connectivity index (χ1n) is 8.38. The van der Waals surface area contributed by atoms with E-state index in [-0.39, 0.29) is 36.7 Å². The van der Waals surface area contributed by atoms with Gasteiger partial charge in [0.15, 0.2) is 0 Å². The number of hydrogen-bond donors (Lipinski definition) is 0. The van der Waals surface area contributed by atoms with Gasteiger partial charge in [0.1, 0.15) is 0 Å². The first kappa shape index (κ1) is 24.3. The van der Waals surface area contributed by atoms with Gasteiger partial charge in [-0.3, -0.25) is 4.79 Å². The number of hydrogen-bond acceptors (Lipinski definition) is 3. The summed E-state index contributed by atoms with van der Waals surface area (Å²) in [6, 6.07) is 0. The predicted octanol–water partition coefficient (Wildman–Crippen LogP) is 3.49. The molecule has 0 saturated carbocycles. The smallest absolute Gasteiger partial charge is 0.325 e. The molecule has 0 aliphatic carbocycles. The lowest BCUT2D eigenvalue weighted by Crippen LogP contribution is -2.39. The molecule has 0 aromatic carbocycles. The van der Waals surface area contributed by atoms with E-state index in [0.717, 1.165) is 51.1 Å². The number of unbranched alkanes of at least 4 members (excludes halogenated alkanes) is 1. The maximum absolute atomic E-state index is 12.0. The zero-order valence-electron chi connectivity index (χ0n) is 14.7. The van der Waals surface area contributed by atoms with Crippen molar-refractivity contribution < 1.29 is 9.45 Å². The van der Waals surface area contributed by atoms with Crippen LogP contribution in [0.5, 0.6) is 0 Å². The monoisotopic (exact) mass is 353 g/mol. The van der Waals surface area contributed by atoms with E-state index in [2.05, 4.69) is 25.7 Å². The van der Waals surface area contributed by atoms with Crippen LogP contribution < -0.4 is 0 Å². The molecule has 3 nitrogen and oxygen atoms in total. The molecular formula is C16H34BCl2NO2. The van der Waals surface area contributed by atoms with Crippen molar-refractivity contribution in [3.8, 4) is 0 Å². The Balaban J connectivity index is 0. The van der Waals surface area contributed by atoms with E-state index in [1.165, 1.54) is 21.0 Å². The van der Waals surface area contributed by atoms with E-state index in [4.69, 9.17) is 4.65 Å². The van der Waals surface area contributed by atoms with Crippen molar-refractivity contribution in [2.45, 2.75) is 59.3 Å². The Morgan fingerprint density at radius 3 is 2.27 bits per heavy atom. The molecule has 22 heavy (non-hydrogen) atoms. The van der Waals surface area contributed by atoms with Crippen LogP contribution >= 0.6 is 24.8 Å². The summed E-state index contributed by atoms with van der Waals surface area (Å²) in [5.41, 5.74) is 0. The number of carbonyl (C=O) groups is 1. The minimum absolute atomic E-state index is 0. The minimum atomic E-state index is 0. The topological polar surface area (TPSA) is 29.5 Å². The van der Waals surface area contributed by atoms with Crippen LogP contribution in [0.1, 0.15) is 59.3 Å². The molecule has 1 rings (SSSR count). The zero-order valence-corrected chi connectivity index (χ0v) is 16.3. The molecule has 0 N–H and O–H groups in total. The third-order valence-electron chi connectivity index (χ3n) is 4.60. The number of likely N-dealkylation sites (tertiary alicyclic amines) is 1. The van der Waals surface area contributed by atoms with Crippen LogP contribution in [0.3, 0.4) is 0 Å². The van der Waals surface area contributed by atoms with Crippen LogP contribution in [-0.2, 0) is 9.45 Å². The van der Waals surface area contributed by atoms with Crippen molar-refractivity contribution in [2.75, 3.05) is 19.6 Å². The number of nitrogens with zero attached hydrogens (tertiary/aromatic N) is 1. The van der Waals surface area contributed by atoms with Gasteiger partial charge in [-0.25, -0.2) is 0 Å². The highest BCUT2D eigenvalue weighted by Gasteiger charge is 2.31. The molecule has 1 unspecified atom stereocenters. The normalized spacial score (nSPS) is 17.5. The van der Waals surface area contributed by atoms with Gasteiger partial charge in [0.25, 0.3) is 5.97 Å². The summed E-state index contributed by atoms with van der Waals surface area (Å²) in [7, 11) is 1.53. The van der Waals surface area contributed by atoms with Gasteiger partial charge in [-0.05, 0) is 57.2 Å². The average Bonchev–Trinajstić information content (AvgIpc) is 2.46. The highest BCUT2D eigenvalue weighted by atomic mass is 35.5. The van der Waals surface area contributed by atoms with E-state index >= 15 is 0 Å². The van der Waals surface area contributed by atoms with Gasteiger partial charge in [0.05, 0.1) is 5.92 Å². The van der Waals surface area contributed by atoms with Gasteiger partial charge in [-0.2, -0.15) is 0 Å². The second kappa shape index (κ2) is 13.5. The quantitative estimate of drug-likeness (QED) is 0.625. The number of piperidine rings is 1. The maximum Gasteiger partial charge on any atom is 0.325 e. The van der Waals surface area contributed by atoms with Gasteiger partial charge < -0.3 is 9.55 Å². The van der Waals surface area contributed by atoms with Crippen LogP contribution in [0.4, 0.5) is 0 Å². The molecule has 0 aromatic rings. The van der Waals surface area contributed by atoms with Crippen molar-refractivity contribution in [1.29, 1.82) is 0 Å². The Labute approximate surface area is 150 Å². The van der Waals surface area contributed by atoms with Crippen LogP contribution in [-0.4, -0.2) is 38.6 Å². The maximum atomic E-state index is 12.0. The molecule has 1 heterocycles. The molecule has 1 aliphatic heterocycles. The molecule has 0 bridgehead atoms. The van der Waals surface area contributed by atoms with E-state index in [1.54, 1.807) is 0 Å². The molecule has 132 valence electrons. The first-order chi connectivity index (χ1) is 9.58. The van der Waals surface area contributed by atoms with Gasteiger partial charge in [0.2, 0.25) is 0 Å². The highest BCUT2D eigenvalue weighted by molar-refractivity contribution is 6.05. The van der Waals surface area contributed by atoms with Gasteiger partial charge in [0, 0.05) is 0 Å². The molecule has 1 atom stereocenters. The summed E-state index contributed by atoms with van der Waals surface area (Å²) in [6.45, 7) is 10.3. The molecule has 1 saturated heterocycles. The second-order valence-electron chi connectivity index (χ2n) is 6.63. The van der Waals surface area contributed by atoms with Crippen molar-refractivity contribution >= 4 is 38.8 Å². The van der Waals surface area contributed by atoms with Gasteiger partial charge in [-0.1, -0.05) is 33.6 Å². The van der Waals surface area contributed by atoms with Crippen molar-refractivity contribution in [2.24, 2.45) is 17.8 Å². The Kier molecular flexibility index (Phi) is 14.9. The van der Waals surface area contributed by atoms with Crippen LogP contribution in [0.25, 0.3) is 0 Å². The average molecular weight is 354 g/mol. The molecule has 0 aromatic heterocycles. The zero-order chi connectivity index (χ0) is 15.0.